The van der Waals surface area contributed by atoms with Crippen LogP contribution in [0.3, 0.4) is 0 Å². The first-order chi connectivity index (χ1) is 13.7. The standard InChI is InChI=1S/C21H27FN2O4S/c1-4-20(16-7-13-19(28-2)14-8-16)23-21(25)6-5-15-24(29(3,26)27)18-11-9-17(22)10-12-18/h7-14,20H,4-6,15H2,1-3H3,(H,23,25). The second-order valence-corrected chi connectivity index (χ2v) is 8.62. The van der Waals surface area contributed by atoms with Crippen LogP contribution in [0.15, 0.2) is 48.5 Å². The Bertz CT molecular complexity index is 899. The molecule has 2 rings (SSSR count). The van der Waals surface area contributed by atoms with Gasteiger partial charge in [-0.25, -0.2) is 12.8 Å². The van der Waals surface area contributed by atoms with Crippen molar-refractivity contribution in [2.24, 2.45) is 0 Å². The van der Waals surface area contributed by atoms with Crippen molar-refractivity contribution in [3.63, 3.8) is 0 Å². The highest BCUT2D eigenvalue weighted by molar-refractivity contribution is 7.92. The molecule has 0 fully saturated rings. The maximum absolute atomic E-state index is 13.1. The van der Waals surface area contributed by atoms with Crippen LogP contribution in [0, 0.1) is 5.82 Å². The van der Waals surface area contributed by atoms with Gasteiger partial charge in [0.1, 0.15) is 11.6 Å². The summed E-state index contributed by atoms with van der Waals surface area (Å²) in [6.07, 6.45) is 2.34. The van der Waals surface area contributed by atoms with E-state index in [1.54, 1.807) is 7.11 Å². The molecule has 2 aromatic rings. The van der Waals surface area contributed by atoms with Crippen molar-refractivity contribution in [1.82, 2.24) is 5.32 Å². The predicted molar refractivity (Wildman–Crippen MR) is 112 cm³/mol. The van der Waals surface area contributed by atoms with E-state index in [0.29, 0.717) is 12.1 Å². The lowest BCUT2D eigenvalue weighted by atomic mass is 10.0. The summed E-state index contributed by atoms with van der Waals surface area (Å²) in [7, 11) is -1.94. The molecule has 0 spiro atoms. The molecule has 0 aliphatic rings. The van der Waals surface area contributed by atoms with Crippen molar-refractivity contribution in [3.05, 3.63) is 59.9 Å². The lowest BCUT2D eigenvalue weighted by Gasteiger charge is -2.23. The van der Waals surface area contributed by atoms with E-state index in [1.165, 1.54) is 28.6 Å². The SMILES string of the molecule is CCC(NC(=O)CCCN(c1ccc(F)cc1)S(C)(=O)=O)c1ccc(OC)cc1. The molecule has 29 heavy (non-hydrogen) atoms. The smallest absolute Gasteiger partial charge is 0.232 e. The summed E-state index contributed by atoms with van der Waals surface area (Å²) in [5, 5.41) is 2.98. The normalized spacial score (nSPS) is 12.3. The van der Waals surface area contributed by atoms with Crippen LogP contribution in [0.5, 0.6) is 5.75 Å². The number of carbonyl (C=O) groups is 1. The monoisotopic (exact) mass is 422 g/mol. The van der Waals surface area contributed by atoms with Crippen molar-refractivity contribution in [1.29, 1.82) is 0 Å². The summed E-state index contributed by atoms with van der Waals surface area (Å²) in [6.45, 7) is 2.12. The lowest BCUT2D eigenvalue weighted by Crippen LogP contribution is -2.33. The van der Waals surface area contributed by atoms with Gasteiger partial charge in [-0.3, -0.25) is 9.10 Å². The Hall–Kier alpha value is -2.61. The fourth-order valence-electron chi connectivity index (χ4n) is 3.00. The number of anilines is 1. The van der Waals surface area contributed by atoms with E-state index in [2.05, 4.69) is 5.32 Å². The van der Waals surface area contributed by atoms with Crippen LogP contribution in [0.1, 0.15) is 37.8 Å². The van der Waals surface area contributed by atoms with Crippen LogP contribution in [-0.2, 0) is 14.8 Å². The number of benzene rings is 2. The van der Waals surface area contributed by atoms with E-state index in [0.717, 1.165) is 24.0 Å². The van der Waals surface area contributed by atoms with E-state index < -0.39 is 15.8 Å². The predicted octanol–water partition coefficient (Wildman–Crippen LogP) is 3.65. The molecule has 1 unspecified atom stereocenters. The van der Waals surface area contributed by atoms with Gasteiger partial charge in [0, 0.05) is 13.0 Å². The van der Waals surface area contributed by atoms with Gasteiger partial charge in [0.15, 0.2) is 0 Å². The lowest BCUT2D eigenvalue weighted by molar-refractivity contribution is -0.121. The van der Waals surface area contributed by atoms with Crippen molar-refractivity contribution in [2.75, 3.05) is 24.2 Å². The number of amides is 1. The Labute approximate surface area is 171 Å². The highest BCUT2D eigenvalue weighted by atomic mass is 32.2. The molecule has 0 aliphatic carbocycles. The van der Waals surface area contributed by atoms with Gasteiger partial charge in [0.25, 0.3) is 0 Å². The maximum atomic E-state index is 13.1. The second-order valence-electron chi connectivity index (χ2n) is 6.72. The number of nitrogens with zero attached hydrogens (tertiary/aromatic N) is 1. The highest BCUT2D eigenvalue weighted by Gasteiger charge is 2.18. The molecule has 158 valence electrons. The van der Waals surface area contributed by atoms with Gasteiger partial charge in [-0.1, -0.05) is 19.1 Å². The van der Waals surface area contributed by atoms with E-state index >= 15 is 0 Å². The largest absolute Gasteiger partial charge is 0.497 e. The summed E-state index contributed by atoms with van der Waals surface area (Å²) in [6, 6.07) is 12.6. The molecule has 0 saturated carbocycles. The fourth-order valence-corrected chi connectivity index (χ4v) is 3.97. The topological polar surface area (TPSA) is 75.7 Å². The average molecular weight is 423 g/mol. The number of rotatable bonds is 10. The molecule has 2 aromatic carbocycles. The summed E-state index contributed by atoms with van der Waals surface area (Å²) >= 11 is 0. The van der Waals surface area contributed by atoms with Gasteiger partial charge < -0.3 is 10.1 Å². The Morgan fingerprint density at radius 1 is 1.14 bits per heavy atom. The average Bonchev–Trinajstić information content (AvgIpc) is 2.69. The van der Waals surface area contributed by atoms with Crippen LogP contribution >= 0.6 is 0 Å². The van der Waals surface area contributed by atoms with Gasteiger partial charge in [-0.05, 0) is 54.8 Å². The summed E-state index contributed by atoms with van der Waals surface area (Å²) in [5.41, 5.74) is 1.35. The fraction of sp³-hybridized carbons (Fsp3) is 0.381. The molecule has 0 radical (unpaired) electrons. The Balaban J connectivity index is 1.94. The van der Waals surface area contributed by atoms with Crippen LogP contribution < -0.4 is 14.4 Å². The minimum Gasteiger partial charge on any atom is -0.497 e. The van der Waals surface area contributed by atoms with Crippen molar-refractivity contribution in [3.8, 4) is 5.75 Å². The molecule has 8 heteroatoms. The zero-order valence-electron chi connectivity index (χ0n) is 16.9. The van der Waals surface area contributed by atoms with E-state index in [1.807, 2.05) is 31.2 Å². The number of nitrogens with one attached hydrogen (secondary N) is 1. The van der Waals surface area contributed by atoms with Gasteiger partial charge in [0.05, 0.1) is 25.1 Å². The van der Waals surface area contributed by atoms with Crippen molar-refractivity contribution >= 4 is 21.6 Å². The molecule has 1 amide bonds. The second kappa shape index (κ2) is 10.2. The minimum absolute atomic E-state index is 0.128. The molecular formula is C21H27FN2O4S. The van der Waals surface area contributed by atoms with E-state index in [9.17, 15) is 17.6 Å². The molecule has 0 bridgehead atoms. The third-order valence-corrected chi connectivity index (χ3v) is 5.74. The quantitative estimate of drug-likeness (QED) is 0.634. The summed E-state index contributed by atoms with van der Waals surface area (Å²) < 4.78 is 43.6. The molecular weight excluding hydrogens is 395 g/mol. The highest BCUT2D eigenvalue weighted by Crippen LogP contribution is 2.21. The summed E-state index contributed by atoms with van der Waals surface area (Å²) in [4.78, 5) is 12.4. The van der Waals surface area contributed by atoms with Crippen LogP contribution in [0.2, 0.25) is 0 Å². The molecule has 0 aromatic heterocycles. The van der Waals surface area contributed by atoms with E-state index in [4.69, 9.17) is 4.74 Å². The summed E-state index contributed by atoms with van der Waals surface area (Å²) in [5.74, 6) is 0.155. The van der Waals surface area contributed by atoms with Gasteiger partial charge in [0.2, 0.25) is 15.9 Å². The van der Waals surface area contributed by atoms with Crippen LogP contribution in [0.4, 0.5) is 10.1 Å². The zero-order valence-corrected chi connectivity index (χ0v) is 17.7. The van der Waals surface area contributed by atoms with Crippen LogP contribution in [-0.4, -0.2) is 34.2 Å². The number of halogens is 1. The first-order valence-corrected chi connectivity index (χ1v) is 11.3. The van der Waals surface area contributed by atoms with Gasteiger partial charge >= 0.3 is 0 Å². The van der Waals surface area contributed by atoms with Crippen LogP contribution in [0.25, 0.3) is 0 Å². The molecule has 0 heterocycles. The molecule has 1 N–H and O–H groups in total. The number of methoxy groups -OCH3 is 1. The maximum Gasteiger partial charge on any atom is 0.232 e. The number of carbonyl (C=O) groups excluding carboxylic acids is 1. The number of hydrogen-bond acceptors (Lipinski definition) is 4. The van der Waals surface area contributed by atoms with Gasteiger partial charge in [-0.2, -0.15) is 0 Å². The Kier molecular flexibility index (Phi) is 8.01. The number of sulfonamides is 1. The Morgan fingerprint density at radius 2 is 1.76 bits per heavy atom. The number of hydrogen-bond donors (Lipinski definition) is 1. The molecule has 6 nitrogen and oxygen atoms in total. The van der Waals surface area contributed by atoms with E-state index in [-0.39, 0.29) is 24.9 Å². The first kappa shape index (κ1) is 22.7. The zero-order chi connectivity index (χ0) is 21.4. The van der Waals surface area contributed by atoms with Crippen molar-refractivity contribution < 1.29 is 22.3 Å². The first-order valence-electron chi connectivity index (χ1n) is 9.41. The molecule has 1 atom stereocenters. The molecule has 0 saturated heterocycles. The van der Waals surface area contributed by atoms with Gasteiger partial charge in [-0.15, -0.1) is 0 Å². The molecule has 0 aliphatic heterocycles. The van der Waals surface area contributed by atoms with Crippen molar-refractivity contribution in [2.45, 2.75) is 32.2 Å². The minimum atomic E-state index is -3.54. The third-order valence-electron chi connectivity index (χ3n) is 4.54. The Morgan fingerprint density at radius 3 is 2.28 bits per heavy atom. The number of ether oxygens (including phenoxy) is 1. The third kappa shape index (κ3) is 6.74.